The molecule has 0 saturated heterocycles. The molecule has 216 valence electrons. The molecule has 2 aromatic carbocycles. The minimum absolute atomic E-state index is 0.128. The quantitative estimate of drug-likeness (QED) is 0.193. The Balaban J connectivity index is 0.000000610. The highest BCUT2D eigenvalue weighted by Crippen LogP contribution is 2.36. The van der Waals surface area contributed by atoms with Crippen molar-refractivity contribution in [1.82, 2.24) is 5.32 Å². The van der Waals surface area contributed by atoms with Crippen molar-refractivity contribution >= 4 is 50.9 Å². The smallest absolute Gasteiger partial charge is 0.305 e. The van der Waals surface area contributed by atoms with Gasteiger partial charge in [-0.25, -0.2) is 0 Å². The molecular weight excluding hydrogens is 584 g/mol. The van der Waals surface area contributed by atoms with Crippen molar-refractivity contribution in [2.24, 2.45) is 10.4 Å². The molecule has 2 rings (SSSR count). The van der Waals surface area contributed by atoms with Gasteiger partial charge in [-0.15, -0.1) is 0 Å². The molecule has 39 heavy (non-hydrogen) atoms. The van der Waals surface area contributed by atoms with E-state index in [4.69, 9.17) is 16.7 Å². The largest absolute Gasteiger partial charge is 0.506 e. The van der Waals surface area contributed by atoms with Gasteiger partial charge in [-0.2, -0.15) is 0 Å². The number of ketones is 1. The Morgan fingerprint density at radius 3 is 2.15 bits per heavy atom. The lowest BCUT2D eigenvalue weighted by molar-refractivity contribution is -0.137. The number of carboxylic acid groups (broad SMARTS) is 1. The van der Waals surface area contributed by atoms with Crippen LogP contribution in [-0.2, 0) is 9.59 Å². The standard InChI is InChI=1S/C12H13BrClNO4.C9H19N.C9H10O/c1-2-10(16)15-9(5-11(17)18)7-3-6(14)4-8(13)12(7)19;1-6-9(4,5)7-10-8(2)3;1-7-4-3-5-9(6-7)8(2)10/h3-4,9,19H,2,5H2,1H3,(H,15,16)(H,17,18);6-7H2,1-5H3;3-6H,1-2H3. The molecule has 3 N–H and O–H groups in total. The Labute approximate surface area is 246 Å². The summed E-state index contributed by atoms with van der Waals surface area (Å²) in [5.41, 5.74) is 3.76. The molecule has 0 fully saturated rings. The van der Waals surface area contributed by atoms with E-state index >= 15 is 0 Å². The van der Waals surface area contributed by atoms with Crippen LogP contribution < -0.4 is 5.32 Å². The first-order chi connectivity index (χ1) is 18.0. The van der Waals surface area contributed by atoms with E-state index in [0.717, 1.165) is 17.7 Å². The molecule has 0 heterocycles. The monoisotopic (exact) mass is 624 g/mol. The number of carboxylic acids is 1. The summed E-state index contributed by atoms with van der Waals surface area (Å²) in [6, 6.07) is 9.68. The van der Waals surface area contributed by atoms with Crippen LogP contribution in [0.4, 0.5) is 0 Å². The number of aryl methyl sites for hydroxylation is 1. The van der Waals surface area contributed by atoms with E-state index in [1.165, 1.54) is 24.3 Å². The summed E-state index contributed by atoms with van der Waals surface area (Å²) in [5.74, 6) is -1.39. The van der Waals surface area contributed by atoms with Crippen molar-refractivity contribution < 1.29 is 24.6 Å². The average Bonchev–Trinajstić information content (AvgIpc) is 2.85. The van der Waals surface area contributed by atoms with E-state index in [2.05, 4.69) is 47.0 Å². The molecule has 2 aromatic rings. The zero-order valence-corrected chi connectivity index (χ0v) is 26.5. The van der Waals surface area contributed by atoms with Crippen molar-refractivity contribution in [3.8, 4) is 5.75 Å². The molecule has 0 saturated carbocycles. The van der Waals surface area contributed by atoms with Crippen LogP contribution in [0.3, 0.4) is 0 Å². The highest BCUT2D eigenvalue weighted by molar-refractivity contribution is 9.10. The zero-order valence-electron chi connectivity index (χ0n) is 24.2. The van der Waals surface area contributed by atoms with Gasteiger partial charge in [0.2, 0.25) is 5.91 Å². The van der Waals surface area contributed by atoms with Crippen molar-refractivity contribution in [1.29, 1.82) is 0 Å². The second kappa shape index (κ2) is 17.8. The van der Waals surface area contributed by atoms with Gasteiger partial charge in [0.25, 0.3) is 0 Å². The van der Waals surface area contributed by atoms with Crippen LogP contribution >= 0.6 is 27.5 Å². The van der Waals surface area contributed by atoms with E-state index in [1.54, 1.807) is 13.8 Å². The van der Waals surface area contributed by atoms with Gasteiger partial charge in [0.05, 0.1) is 16.9 Å². The molecule has 0 bridgehead atoms. The number of Topliss-reactive ketones (excluding diaryl/α,β-unsaturated/α-hetero) is 1. The number of rotatable bonds is 9. The van der Waals surface area contributed by atoms with Crippen LogP contribution in [0.25, 0.3) is 0 Å². The Bertz CT molecular complexity index is 1140. The first-order valence-corrected chi connectivity index (χ1v) is 13.9. The number of carbonyl (C=O) groups is 3. The van der Waals surface area contributed by atoms with Gasteiger partial charge < -0.3 is 15.5 Å². The number of amides is 1. The lowest BCUT2D eigenvalue weighted by atomic mass is 9.91. The number of benzene rings is 2. The van der Waals surface area contributed by atoms with Crippen LogP contribution in [-0.4, -0.2) is 40.1 Å². The number of phenolic OH excluding ortho intramolecular Hbond substituents is 1. The van der Waals surface area contributed by atoms with Crippen LogP contribution in [0.2, 0.25) is 5.02 Å². The molecule has 1 atom stereocenters. The van der Waals surface area contributed by atoms with Crippen LogP contribution in [0.1, 0.15) is 95.3 Å². The first kappa shape index (κ1) is 36.3. The van der Waals surface area contributed by atoms with Gasteiger partial charge in [-0.05, 0) is 73.7 Å². The van der Waals surface area contributed by atoms with Crippen LogP contribution in [0.5, 0.6) is 5.75 Å². The number of nitrogens with zero attached hydrogens (tertiary/aromatic N) is 1. The normalized spacial score (nSPS) is 11.1. The summed E-state index contributed by atoms with van der Waals surface area (Å²) >= 11 is 8.99. The molecule has 0 aliphatic heterocycles. The van der Waals surface area contributed by atoms with Gasteiger partial charge in [-0.1, -0.05) is 63.1 Å². The summed E-state index contributed by atoms with van der Waals surface area (Å²) < 4.78 is 0.344. The molecule has 0 radical (unpaired) electrons. The molecule has 0 spiro atoms. The SMILES string of the molecule is CC(=O)c1cccc(C)c1.CCC(=O)NC(CC(=O)O)c1cc(Cl)cc(Br)c1O.CCC(C)(C)CN=C(C)C. The van der Waals surface area contributed by atoms with Crippen molar-refractivity contribution in [3.63, 3.8) is 0 Å². The van der Waals surface area contributed by atoms with E-state index in [0.29, 0.717) is 14.9 Å². The lowest BCUT2D eigenvalue weighted by Crippen LogP contribution is -2.29. The second-order valence-electron chi connectivity index (χ2n) is 10.1. The Morgan fingerprint density at radius 1 is 1.10 bits per heavy atom. The second-order valence-corrected chi connectivity index (χ2v) is 11.4. The molecule has 0 aliphatic rings. The van der Waals surface area contributed by atoms with E-state index < -0.39 is 12.0 Å². The Morgan fingerprint density at radius 2 is 1.72 bits per heavy atom. The van der Waals surface area contributed by atoms with Crippen molar-refractivity contribution in [2.45, 2.75) is 80.7 Å². The fraction of sp³-hybridized carbons (Fsp3) is 0.467. The minimum atomic E-state index is -1.09. The summed E-state index contributed by atoms with van der Waals surface area (Å²) in [6.45, 7) is 17.0. The van der Waals surface area contributed by atoms with Crippen molar-refractivity contribution in [2.75, 3.05) is 6.54 Å². The Kier molecular flexibility index (Phi) is 16.6. The van der Waals surface area contributed by atoms with Crippen LogP contribution in [0.15, 0.2) is 45.9 Å². The predicted octanol–water partition coefficient (Wildman–Crippen LogP) is 7.95. The zero-order chi connectivity index (χ0) is 30.3. The van der Waals surface area contributed by atoms with E-state index in [9.17, 15) is 19.5 Å². The molecule has 0 aromatic heterocycles. The molecule has 1 amide bonds. The fourth-order valence-electron chi connectivity index (χ4n) is 2.91. The molecular formula is C30H42BrClN2O5. The number of aliphatic imine (C=N–C) groups is 1. The van der Waals surface area contributed by atoms with Gasteiger partial charge in [0.15, 0.2) is 5.78 Å². The number of hydrogen-bond donors (Lipinski definition) is 3. The van der Waals surface area contributed by atoms with Gasteiger partial charge in [0.1, 0.15) is 5.75 Å². The molecule has 9 heteroatoms. The summed E-state index contributed by atoms with van der Waals surface area (Å²) in [6.07, 6.45) is 1.08. The van der Waals surface area contributed by atoms with E-state index in [1.807, 2.05) is 45.0 Å². The molecule has 7 nitrogen and oxygen atoms in total. The third kappa shape index (κ3) is 15.5. The lowest BCUT2D eigenvalue weighted by Gasteiger charge is -2.19. The van der Waals surface area contributed by atoms with Gasteiger partial charge >= 0.3 is 5.97 Å². The molecule has 1 unspecified atom stereocenters. The average molecular weight is 626 g/mol. The van der Waals surface area contributed by atoms with Gasteiger partial charge in [-0.3, -0.25) is 19.4 Å². The highest BCUT2D eigenvalue weighted by atomic mass is 79.9. The maximum Gasteiger partial charge on any atom is 0.305 e. The highest BCUT2D eigenvalue weighted by Gasteiger charge is 2.22. The third-order valence-electron chi connectivity index (χ3n) is 5.67. The first-order valence-electron chi connectivity index (χ1n) is 12.8. The number of aliphatic carboxylic acids is 1. The maximum atomic E-state index is 11.4. The molecule has 0 aliphatic carbocycles. The van der Waals surface area contributed by atoms with Crippen molar-refractivity contribution in [3.05, 3.63) is 62.6 Å². The third-order valence-corrected chi connectivity index (χ3v) is 6.50. The summed E-state index contributed by atoms with van der Waals surface area (Å²) in [4.78, 5) is 37.5. The number of carbonyl (C=O) groups excluding carboxylic acids is 2. The number of phenols is 1. The summed E-state index contributed by atoms with van der Waals surface area (Å²) in [7, 11) is 0. The maximum absolute atomic E-state index is 11.4. The number of halogens is 2. The van der Waals surface area contributed by atoms with Crippen LogP contribution in [0, 0.1) is 12.3 Å². The number of aromatic hydroxyl groups is 1. The number of nitrogens with one attached hydrogen (secondary N) is 1. The topological polar surface area (TPSA) is 116 Å². The number of hydrogen-bond acceptors (Lipinski definition) is 5. The summed E-state index contributed by atoms with van der Waals surface area (Å²) in [5, 5.41) is 21.7. The Hall–Kier alpha value is -2.71. The minimum Gasteiger partial charge on any atom is -0.506 e. The van der Waals surface area contributed by atoms with Gasteiger partial charge in [0, 0.05) is 34.8 Å². The predicted molar refractivity (Wildman–Crippen MR) is 163 cm³/mol. The van der Waals surface area contributed by atoms with E-state index in [-0.39, 0.29) is 35.8 Å². The fourth-order valence-corrected chi connectivity index (χ4v) is 3.74.